The summed E-state index contributed by atoms with van der Waals surface area (Å²) in [6.07, 6.45) is 2.58. The third-order valence-electron chi connectivity index (χ3n) is 2.56. The Labute approximate surface area is 99.2 Å². The second kappa shape index (κ2) is 8.45. The van der Waals surface area contributed by atoms with Crippen LogP contribution in [-0.2, 0) is 9.59 Å². The molecule has 0 fully saturated rings. The Morgan fingerprint density at radius 3 is 1.81 bits per heavy atom. The Hall–Kier alpha value is -0.700. The molecule has 0 aliphatic carbocycles. The molecular formula is C13H25NO2. The second-order valence-corrected chi connectivity index (χ2v) is 5.23. The first-order valence-corrected chi connectivity index (χ1v) is 6.16. The molecule has 0 aliphatic rings. The first-order valence-electron chi connectivity index (χ1n) is 6.16. The Balaban J connectivity index is 4.04. The van der Waals surface area contributed by atoms with Crippen LogP contribution in [0.25, 0.3) is 0 Å². The molecule has 0 aliphatic heterocycles. The van der Waals surface area contributed by atoms with Gasteiger partial charge < -0.3 is 0 Å². The van der Waals surface area contributed by atoms with E-state index in [1.54, 1.807) is 0 Å². The summed E-state index contributed by atoms with van der Waals surface area (Å²) in [5, 5.41) is 0. The van der Waals surface area contributed by atoms with Crippen LogP contribution >= 0.6 is 0 Å². The van der Waals surface area contributed by atoms with Crippen molar-refractivity contribution in [1.82, 2.24) is 4.90 Å². The van der Waals surface area contributed by atoms with Crippen LogP contribution in [0.5, 0.6) is 0 Å². The minimum absolute atomic E-state index is 0.281. The lowest BCUT2D eigenvalue weighted by atomic mass is 10.1. The van der Waals surface area contributed by atoms with Gasteiger partial charge in [0.2, 0.25) is 5.78 Å². The van der Waals surface area contributed by atoms with Crippen LogP contribution in [0.15, 0.2) is 0 Å². The molecule has 0 heterocycles. The minimum Gasteiger partial charge on any atom is -0.296 e. The van der Waals surface area contributed by atoms with Crippen molar-refractivity contribution < 1.29 is 9.59 Å². The Bertz CT molecular complexity index is 200. The third kappa shape index (κ3) is 8.60. The number of nitrogens with zero attached hydrogens (tertiary/aromatic N) is 1. The van der Waals surface area contributed by atoms with E-state index in [0.717, 1.165) is 25.9 Å². The van der Waals surface area contributed by atoms with Crippen LogP contribution in [0.1, 0.15) is 40.5 Å². The van der Waals surface area contributed by atoms with Crippen LogP contribution in [0.4, 0.5) is 0 Å². The van der Waals surface area contributed by atoms with Crippen molar-refractivity contribution in [2.45, 2.75) is 40.5 Å². The van der Waals surface area contributed by atoms with Gasteiger partial charge in [-0.1, -0.05) is 27.7 Å². The van der Waals surface area contributed by atoms with Crippen molar-refractivity contribution in [3.63, 3.8) is 0 Å². The minimum atomic E-state index is -0.312. The highest BCUT2D eigenvalue weighted by Crippen LogP contribution is 2.06. The normalized spacial score (nSPS) is 11.4. The maximum atomic E-state index is 11.1. The molecule has 0 rings (SSSR count). The van der Waals surface area contributed by atoms with Crippen LogP contribution in [0.2, 0.25) is 0 Å². The number of aldehydes is 1. The highest BCUT2D eigenvalue weighted by Gasteiger charge is 2.11. The lowest BCUT2D eigenvalue weighted by molar-refractivity contribution is -0.130. The SMILES string of the molecule is CC(C)CCN(CCC(C)C)CC(=O)C=O. The molecular weight excluding hydrogens is 202 g/mol. The van der Waals surface area contributed by atoms with Crippen molar-refractivity contribution in [2.75, 3.05) is 19.6 Å². The number of Topliss-reactive ketones (excluding diaryl/α,β-unsaturated/α-hetero) is 1. The number of ketones is 1. The summed E-state index contributed by atoms with van der Waals surface area (Å²) in [7, 11) is 0. The predicted octanol–water partition coefficient (Wildman–Crippen LogP) is 2.15. The molecule has 0 aromatic rings. The van der Waals surface area contributed by atoms with E-state index >= 15 is 0 Å². The maximum absolute atomic E-state index is 11.1. The molecule has 16 heavy (non-hydrogen) atoms. The third-order valence-corrected chi connectivity index (χ3v) is 2.56. The lowest BCUT2D eigenvalue weighted by Gasteiger charge is -2.22. The summed E-state index contributed by atoms with van der Waals surface area (Å²) in [5.41, 5.74) is 0. The van der Waals surface area contributed by atoms with Gasteiger partial charge in [-0.05, 0) is 37.8 Å². The number of hydrogen-bond donors (Lipinski definition) is 0. The van der Waals surface area contributed by atoms with Crippen LogP contribution < -0.4 is 0 Å². The van der Waals surface area contributed by atoms with Crippen LogP contribution in [0.3, 0.4) is 0 Å². The average Bonchev–Trinajstić information content (AvgIpc) is 2.21. The molecule has 0 bridgehead atoms. The maximum Gasteiger partial charge on any atom is 0.209 e. The number of carbonyl (C=O) groups is 2. The summed E-state index contributed by atoms with van der Waals surface area (Å²) in [6.45, 7) is 10.8. The van der Waals surface area contributed by atoms with Gasteiger partial charge in [-0.15, -0.1) is 0 Å². The zero-order valence-electron chi connectivity index (χ0n) is 11.0. The van der Waals surface area contributed by atoms with E-state index in [-0.39, 0.29) is 12.3 Å². The first-order chi connectivity index (χ1) is 7.45. The van der Waals surface area contributed by atoms with E-state index in [4.69, 9.17) is 0 Å². The van der Waals surface area contributed by atoms with Gasteiger partial charge in [-0.25, -0.2) is 0 Å². The second-order valence-electron chi connectivity index (χ2n) is 5.23. The Morgan fingerprint density at radius 1 is 1.06 bits per heavy atom. The molecule has 0 N–H and O–H groups in total. The largest absolute Gasteiger partial charge is 0.296 e. The van der Waals surface area contributed by atoms with E-state index in [1.807, 2.05) is 0 Å². The summed E-state index contributed by atoms with van der Waals surface area (Å²) in [5.74, 6) is 0.952. The zero-order chi connectivity index (χ0) is 12.6. The van der Waals surface area contributed by atoms with Crippen LogP contribution in [0, 0.1) is 11.8 Å². The van der Waals surface area contributed by atoms with Gasteiger partial charge in [0, 0.05) is 0 Å². The van der Waals surface area contributed by atoms with E-state index in [9.17, 15) is 9.59 Å². The molecule has 0 unspecified atom stereocenters. The van der Waals surface area contributed by atoms with Gasteiger partial charge in [0.05, 0.1) is 6.54 Å². The van der Waals surface area contributed by atoms with Crippen molar-refractivity contribution in [2.24, 2.45) is 11.8 Å². The number of rotatable bonds is 9. The summed E-state index contributed by atoms with van der Waals surface area (Å²) < 4.78 is 0. The quantitative estimate of drug-likeness (QED) is 0.447. The molecule has 3 heteroatoms. The topological polar surface area (TPSA) is 37.4 Å². The number of hydrogen-bond acceptors (Lipinski definition) is 3. The fourth-order valence-corrected chi connectivity index (χ4v) is 1.41. The van der Waals surface area contributed by atoms with E-state index in [1.165, 1.54) is 0 Å². The smallest absolute Gasteiger partial charge is 0.209 e. The fraction of sp³-hybridized carbons (Fsp3) is 0.846. The standard InChI is InChI=1S/C13H25NO2/c1-11(2)5-7-14(8-6-12(3)4)9-13(16)10-15/h10-12H,5-9H2,1-4H3. The van der Waals surface area contributed by atoms with Crippen molar-refractivity contribution in [1.29, 1.82) is 0 Å². The van der Waals surface area contributed by atoms with E-state index in [0.29, 0.717) is 18.1 Å². The van der Waals surface area contributed by atoms with Crippen molar-refractivity contribution >= 4 is 12.1 Å². The lowest BCUT2D eigenvalue weighted by Crippen LogP contribution is -2.33. The van der Waals surface area contributed by atoms with Gasteiger partial charge >= 0.3 is 0 Å². The molecule has 0 saturated carbocycles. The summed E-state index contributed by atoms with van der Waals surface area (Å²) in [4.78, 5) is 23.5. The van der Waals surface area contributed by atoms with Gasteiger partial charge in [0.1, 0.15) is 0 Å². The molecule has 0 spiro atoms. The van der Waals surface area contributed by atoms with E-state index < -0.39 is 0 Å². The first kappa shape index (κ1) is 15.3. The van der Waals surface area contributed by atoms with Gasteiger partial charge in [-0.3, -0.25) is 14.5 Å². The van der Waals surface area contributed by atoms with Gasteiger partial charge in [-0.2, -0.15) is 0 Å². The van der Waals surface area contributed by atoms with Crippen LogP contribution in [-0.4, -0.2) is 36.6 Å². The molecule has 0 saturated heterocycles. The molecule has 94 valence electrons. The molecule has 0 aromatic carbocycles. The molecule has 0 aromatic heterocycles. The van der Waals surface area contributed by atoms with Gasteiger partial charge in [0.25, 0.3) is 0 Å². The highest BCUT2D eigenvalue weighted by atomic mass is 16.2. The summed E-state index contributed by atoms with van der Waals surface area (Å²) >= 11 is 0. The Kier molecular flexibility index (Phi) is 8.08. The molecule has 0 radical (unpaired) electrons. The molecule has 0 amide bonds. The Morgan fingerprint density at radius 2 is 1.50 bits per heavy atom. The van der Waals surface area contributed by atoms with Crippen molar-refractivity contribution in [3.8, 4) is 0 Å². The zero-order valence-corrected chi connectivity index (χ0v) is 11.0. The average molecular weight is 227 g/mol. The van der Waals surface area contributed by atoms with Crippen molar-refractivity contribution in [3.05, 3.63) is 0 Å². The number of carbonyl (C=O) groups excluding carboxylic acids is 2. The summed E-state index contributed by atoms with van der Waals surface area (Å²) in [6, 6.07) is 0. The van der Waals surface area contributed by atoms with E-state index in [2.05, 4.69) is 32.6 Å². The fourth-order valence-electron chi connectivity index (χ4n) is 1.41. The highest BCUT2D eigenvalue weighted by molar-refractivity contribution is 6.25. The van der Waals surface area contributed by atoms with Gasteiger partial charge in [0.15, 0.2) is 6.29 Å². The monoisotopic (exact) mass is 227 g/mol. The molecule has 3 nitrogen and oxygen atoms in total. The predicted molar refractivity (Wildman–Crippen MR) is 66.4 cm³/mol. The molecule has 0 atom stereocenters.